The van der Waals surface area contributed by atoms with Crippen LogP contribution in [-0.2, 0) is 0 Å². The van der Waals surface area contributed by atoms with Gasteiger partial charge in [0.25, 0.3) is 0 Å². The fraction of sp³-hybridized carbons (Fsp3) is 0.0769. The van der Waals surface area contributed by atoms with Crippen molar-refractivity contribution in [3.8, 4) is 23.4 Å². The molecule has 0 amide bonds. The Hall–Kier alpha value is -3.14. The zero-order valence-corrected chi connectivity index (χ0v) is 10.4. The standard InChI is InChI=1S/C13H9N3O4/c1-19-10-5-6-11(16(17)18)12(7-10)20-13-4-2-3-9(8-14)15-13/h2-7H,1H3. The predicted octanol–water partition coefficient (Wildman–Crippen LogP) is 2.66. The van der Waals surface area contributed by atoms with Gasteiger partial charge in [-0.25, -0.2) is 4.98 Å². The highest BCUT2D eigenvalue weighted by Gasteiger charge is 2.17. The lowest BCUT2D eigenvalue weighted by Gasteiger charge is -2.07. The molecule has 1 aromatic heterocycles. The molecule has 0 aliphatic heterocycles. The van der Waals surface area contributed by atoms with Crippen LogP contribution in [0.5, 0.6) is 17.4 Å². The number of nitro benzene ring substituents is 1. The minimum absolute atomic E-state index is 0.00283. The first-order valence-electron chi connectivity index (χ1n) is 5.51. The van der Waals surface area contributed by atoms with E-state index < -0.39 is 4.92 Å². The van der Waals surface area contributed by atoms with E-state index >= 15 is 0 Å². The van der Waals surface area contributed by atoms with Gasteiger partial charge in [-0.05, 0) is 12.1 Å². The van der Waals surface area contributed by atoms with Gasteiger partial charge < -0.3 is 9.47 Å². The van der Waals surface area contributed by atoms with Crippen LogP contribution >= 0.6 is 0 Å². The highest BCUT2D eigenvalue weighted by Crippen LogP contribution is 2.33. The molecule has 0 spiro atoms. The summed E-state index contributed by atoms with van der Waals surface area (Å²) in [5.74, 6) is 0.513. The van der Waals surface area contributed by atoms with Crippen molar-refractivity contribution in [1.82, 2.24) is 4.98 Å². The zero-order chi connectivity index (χ0) is 14.5. The molecule has 0 bridgehead atoms. The minimum atomic E-state index is -0.567. The Labute approximate surface area is 114 Å². The van der Waals surface area contributed by atoms with E-state index in [1.807, 2.05) is 6.07 Å². The number of methoxy groups -OCH3 is 1. The first-order chi connectivity index (χ1) is 9.63. The zero-order valence-electron chi connectivity index (χ0n) is 10.4. The fourth-order valence-corrected chi connectivity index (χ4v) is 1.50. The molecule has 0 saturated heterocycles. The van der Waals surface area contributed by atoms with Crippen LogP contribution in [0.3, 0.4) is 0 Å². The lowest BCUT2D eigenvalue weighted by Crippen LogP contribution is -1.96. The van der Waals surface area contributed by atoms with Gasteiger partial charge in [-0.2, -0.15) is 5.26 Å². The number of aromatic nitrogens is 1. The first-order valence-corrected chi connectivity index (χ1v) is 5.51. The largest absolute Gasteiger partial charge is 0.497 e. The number of nitriles is 1. The molecule has 0 aliphatic rings. The lowest BCUT2D eigenvalue weighted by molar-refractivity contribution is -0.385. The second kappa shape index (κ2) is 5.67. The molecule has 0 fully saturated rings. The van der Waals surface area contributed by atoms with Crippen molar-refractivity contribution in [3.63, 3.8) is 0 Å². The van der Waals surface area contributed by atoms with Gasteiger partial charge in [0.15, 0.2) is 0 Å². The molecular weight excluding hydrogens is 262 g/mol. The van der Waals surface area contributed by atoms with Crippen LogP contribution in [0.1, 0.15) is 5.69 Å². The Morgan fingerprint density at radius 2 is 2.15 bits per heavy atom. The number of hydrogen-bond acceptors (Lipinski definition) is 6. The van der Waals surface area contributed by atoms with Crippen molar-refractivity contribution in [1.29, 1.82) is 5.26 Å². The number of nitrogens with zero attached hydrogens (tertiary/aromatic N) is 3. The molecule has 0 aliphatic carbocycles. The van der Waals surface area contributed by atoms with Gasteiger partial charge >= 0.3 is 5.69 Å². The van der Waals surface area contributed by atoms with E-state index in [4.69, 9.17) is 14.7 Å². The van der Waals surface area contributed by atoms with Gasteiger partial charge in [0.2, 0.25) is 11.6 Å². The molecule has 2 rings (SSSR count). The normalized spacial score (nSPS) is 9.60. The maximum Gasteiger partial charge on any atom is 0.311 e. The molecule has 7 nitrogen and oxygen atoms in total. The summed E-state index contributed by atoms with van der Waals surface area (Å²) in [5, 5.41) is 19.7. The molecule has 1 heterocycles. The van der Waals surface area contributed by atoms with Crippen LogP contribution in [0.2, 0.25) is 0 Å². The van der Waals surface area contributed by atoms with E-state index in [0.29, 0.717) is 5.75 Å². The summed E-state index contributed by atoms with van der Waals surface area (Å²) in [6, 6.07) is 10.6. The second-order valence-corrected chi connectivity index (χ2v) is 3.67. The number of pyridine rings is 1. The highest BCUT2D eigenvalue weighted by molar-refractivity contribution is 5.52. The Balaban J connectivity index is 2.40. The number of nitro groups is 1. The Morgan fingerprint density at radius 1 is 1.35 bits per heavy atom. The average molecular weight is 271 g/mol. The minimum Gasteiger partial charge on any atom is -0.497 e. The molecule has 100 valence electrons. The lowest BCUT2D eigenvalue weighted by atomic mass is 10.3. The van der Waals surface area contributed by atoms with E-state index in [0.717, 1.165) is 0 Å². The van der Waals surface area contributed by atoms with Crippen LogP contribution in [0.4, 0.5) is 5.69 Å². The Kier molecular flexibility index (Phi) is 3.77. The molecule has 0 atom stereocenters. The van der Waals surface area contributed by atoms with Gasteiger partial charge in [-0.1, -0.05) is 6.07 Å². The Bertz CT molecular complexity index is 694. The second-order valence-electron chi connectivity index (χ2n) is 3.67. The summed E-state index contributed by atoms with van der Waals surface area (Å²) >= 11 is 0. The highest BCUT2D eigenvalue weighted by atomic mass is 16.6. The topological polar surface area (TPSA) is 98.3 Å². The summed E-state index contributed by atoms with van der Waals surface area (Å²) in [6.45, 7) is 0. The molecule has 2 aromatic rings. The van der Waals surface area contributed by atoms with E-state index in [2.05, 4.69) is 4.98 Å². The molecule has 0 N–H and O–H groups in total. The quantitative estimate of drug-likeness (QED) is 0.626. The maximum absolute atomic E-state index is 10.9. The third kappa shape index (κ3) is 2.81. The maximum atomic E-state index is 10.9. The molecule has 20 heavy (non-hydrogen) atoms. The van der Waals surface area contributed by atoms with Crippen molar-refractivity contribution < 1.29 is 14.4 Å². The van der Waals surface area contributed by atoms with Crippen LogP contribution in [-0.4, -0.2) is 17.0 Å². The molecule has 7 heteroatoms. The molecule has 0 unspecified atom stereocenters. The molecule has 0 radical (unpaired) electrons. The van der Waals surface area contributed by atoms with Crippen molar-refractivity contribution in [2.75, 3.05) is 7.11 Å². The molecule has 0 saturated carbocycles. The van der Waals surface area contributed by atoms with Crippen molar-refractivity contribution >= 4 is 5.69 Å². The van der Waals surface area contributed by atoms with Crippen molar-refractivity contribution in [2.45, 2.75) is 0 Å². The van der Waals surface area contributed by atoms with Crippen molar-refractivity contribution in [2.24, 2.45) is 0 Å². The number of hydrogen-bond donors (Lipinski definition) is 0. The molecule has 1 aromatic carbocycles. The van der Waals surface area contributed by atoms with E-state index in [9.17, 15) is 10.1 Å². The third-order valence-corrected chi connectivity index (χ3v) is 2.42. The SMILES string of the molecule is COc1ccc([N+](=O)[O-])c(Oc2cccc(C#N)n2)c1. The monoisotopic (exact) mass is 271 g/mol. The van der Waals surface area contributed by atoms with Gasteiger partial charge in [0.05, 0.1) is 12.0 Å². The number of benzene rings is 1. The summed E-state index contributed by atoms with van der Waals surface area (Å²) in [7, 11) is 1.44. The van der Waals surface area contributed by atoms with Crippen LogP contribution in [0.25, 0.3) is 0 Å². The van der Waals surface area contributed by atoms with E-state index in [1.165, 1.54) is 37.4 Å². The Morgan fingerprint density at radius 3 is 2.80 bits per heavy atom. The summed E-state index contributed by atoms with van der Waals surface area (Å²) < 4.78 is 10.4. The smallest absolute Gasteiger partial charge is 0.311 e. The summed E-state index contributed by atoms with van der Waals surface area (Å²) in [4.78, 5) is 14.3. The van der Waals surface area contributed by atoms with Gasteiger partial charge in [-0.15, -0.1) is 0 Å². The van der Waals surface area contributed by atoms with Crippen LogP contribution in [0.15, 0.2) is 36.4 Å². The number of ether oxygens (including phenoxy) is 2. The fourth-order valence-electron chi connectivity index (χ4n) is 1.50. The summed E-state index contributed by atoms with van der Waals surface area (Å²) in [5.41, 5.74) is -0.0528. The predicted molar refractivity (Wildman–Crippen MR) is 68.7 cm³/mol. The van der Waals surface area contributed by atoms with E-state index in [1.54, 1.807) is 6.07 Å². The van der Waals surface area contributed by atoms with Gasteiger partial charge in [-0.3, -0.25) is 10.1 Å². The van der Waals surface area contributed by atoms with Crippen molar-refractivity contribution in [3.05, 3.63) is 52.2 Å². The van der Waals surface area contributed by atoms with Crippen LogP contribution < -0.4 is 9.47 Å². The van der Waals surface area contributed by atoms with Gasteiger partial charge in [0.1, 0.15) is 17.5 Å². The first kappa shape index (κ1) is 13.3. The number of rotatable bonds is 4. The third-order valence-electron chi connectivity index (χ3n) is 2.42. The van der Waals surface area contributed by atoms with Gasteiger partial charge in [0, 0.05) is 18.2 Å². The molecular formula is C13H9N3O4. The average Bonchev–Trinajstić information content (AvgIpc) is 2.47. The summed E-state index contributed by atoms with van der Waals surface area (Å²) in [6.07, 6.45) is 0. The van der Waals surface area contributed by atoms with Crippen LogP contribution in [0, 0.1) is 21.4 Å². The van der Waals surface area contributed by atoms with E-state index in [-0.39, 0.29) is 23.0 Å².